The summed E-state index contributed by atoms with van der Waals surface area (Å²) in [7, 11) is -1.99. The fraction of sp³-hybridized carbons (Fsp3) is 0.533. The van der Waals surface area contributed by atoms with Gasteiger partial charge in [0, 0.05) is 20.2 Å². The van der Waals surface area contributed by atoms with E-state index in [1.807, 2.05) is 30.3 Å². The van der Waals surface area contributed by atoms with E-state index in [2.05, 4.69) is 0 Å². The summed E-state index contributed by atoms with van der Waals surface area (Å²) in [6.07, 6.45) is 0.193. The Balaban J connectivity index is 2.03. The van der Waals surface area contributed by atoms with Crippen LogP contribution in [0.3, 0.4) is 0 Å². The first kappa shape index (κ1) is 16.9. The number of aliphatic carboxylic acids is 1. The van der Waals surface area contributed by atoms with Gasteiger partial charge in [0.15, 0.2) is 0 Å². The maximum absolute atomic E-state index is 12.5. The van der Waals surface area contributed by atoms with E-state index in [9.17, 15) is 13.2 Å². The summed E-state index contributed by atoms with van der Waals surface area (Å²) in [5.74, 6) is -1.43. The molecular formula is C15H21NO5S. The largest absolute Gasteiger partial charge is 0.481 e. The lowest BCUT2D eigenvalue weighted by Gasteiger charge is -2.30. The van der Waals surface area contributed by atoms with E-state index < -0.39 is 28.0 Å². The number of rotatable bonds is 6. The summed E-state index contributed by atoms with van der Waals surface area (Å²) >= 11 is 0. The van der Waals surface area contributed by atoms with Crippen LogP contribution in [0.15, 0.2) is 30.3 Å². The van der Waals surface area contributed by atoms with Crippen molar-refractivity contribution >= 4 is 16.0 Å². The molecule has 1 fully saturated rings. The van der Waals surface area contributed by atoms with E-state index in [-0.39, 0.29) is 18.8 Å². The minimum Gasteiger partial charge on any atom is -0.481 e. The number of ether oxygens (including phenoxy) is 1. The van der Waals surface area contributed by atoms with Crippen LogP contribution in [0.2, 0.25) is 0 Å². The number of carbonyl (C=O) groups is 1. The molecule has 1 aliphatic rings. The normalized spacial score (nSPS) is 19.0. The van der Waals surface area contributed by atoms with Gasteiger partial charge < -0.3 is 9.84 Å². The summed E-state index contributed by atoms with van der Waals surface area (Å²) in [6.45, 7) is 0.509. The van der Waals surface area contributed by atoms with Gasteiger partial charge in [-0.25, -0.2) is 12.7 Å². The monoisotopic (exact) mass is 327 g/mol. The smallest absolute Gasteiger partial charge is 0.306 e. The molecule has 0 bridgehead atoms. The molecule has 1 aromatic carbocycles. The first-order valence-corrected chi connectivity index (χ1v) is 8.83. The number of piperidine rings is 1. The molecule has 6 nitrogen and oxygen atoms in total. The van der Waals surface area contributed by atoms with Crippen LogP contribution in [-0.2, 0) is 19.6 Å². The molecule has 122 valence electrons. The van der Waals surface area contributed by atoms with E-state index >= 15 is 0 Å². The van der Waals surface area contributed by atoms with Crippen molar-refractivity contribution in [2.24, 2.45) is 5.92 Å². The van der Waals surface area contributed by atoms with Crippen LogP contribution in [0.4, 0.5) is 0 Å². The van der Waals surface area contributed by atoms with Gasteiger partial charge >= 0.3 is 5.97 Å². The number of methoxy groups -OCH3 is 1. The molecule has 0 radical (unpaired) electrons. The molecule has 7 heteroatoms. The summed E-state index contributed by atoms with van der Waals surface area (Å²) < 4.78 is 31.7. The lowest BCUT2D eigenvalue weighted by molar-refractivity contribution is -0.142. The Hall–Kier alpha value is -1.44. The molecule has 0 amide bonds. The number of carboxylic acids is 1. The Labute approximate surface area is 130 Å². The van der Waals surface area contributed by atoms with Gasteiger partial charge in [0.2, 0.25) is 10.0 Å². The summed E-state index contributed by atoms with van der Waals surface area (Å²) in [6, 6.07) is 9.21. The number of nitrogens with zero attached hydrogens (tertiary/aromatic N) is 1. The molecule has 1 unspecified atom stereocenters. The van der Waals surface area contributed by atoms with Crippen LogP contribution in [0.1, 0.15) is 24.5 Å². The van der Waals surface area contributed by atoms with Gasteiger partial charge in [0.05, 0.1) is 17.8 Å². The van der Waals surface area contributed by atoms with Gasteiger partial charge in [-0.15, -0.1) is 0 Å². The van der Waals surface area contributed by atoms with Crippen molar-refractivity contribution in [3.8, 4) is 0 Å². The second kappa shape index (κ2) is 7.21. The van der Waals surface area contributed by atoms with Crippen LogP contribution in [0, 0.1) is 5.92 Å². The Morgan fingerprint density at radius 1 is 1.32 bits per heavy atom. The highest BCUT2D eigenvalue weighted by atomic mass is 32.2. The Morgan fingerprint density at radius 3 is 2.41 bits per heavy atom. The molecular weight excluding hydrogens is 306 g/mol. The zero-order valence-corrected chi connectivity index (χ0v) is 13.3. The van der Waals surface area contributed by atoms with Crippen LogP contribution in [0.5, 0.6) is 0 Å². The Kier molecular flexibility index (Phi) is 5.55. The van der Waals surface area contributed by atoms with Crippen molar-refractivity contribution in [3.63, 3.8) is 0 Å². The number of hydrogen-bond donors (Lipinski definition) is 1. The molecule has 1 N–H and O–H groups in total. The van der Waals surface area contributed by atoms with Crippen molar-refractivity contribution in [3.05, 3.63) is 35.9 Å². The van der Waals surface area contributed by atoms with Gasteiger partial charge in [-0.1, -0.05) is 30.3 Å². The van der Waals surface area contributed by atoms with Crippen molar-refractivity contribution in [1.82, 2.24) is 4.31 Å². The number of carboxylic acid groups (broad SMARTS) is 1. The number of sulfonamides is 1. The lowest BCUT2D eigenvalue weighted by Crippen LogP contribution is -2.42. The maximum atomic E-state index is 12.5. The predicted octanol–water partition coefficient (Wildman–Crippen LogP) is 1.50. The van der Waals surface area contributed by atoms with Crippen molar-refractivity contribution in [2.75, 3.05) is 26.0 Å². The van der Waals surface area contributed by atoms with Gasteiger partial charge in [0.25, 0.3) is 0 Å². The molecule has 0 saturated carbocycles. The fourth-order valence-corrected chi connectivity index (χ4v) is 4.33. The third kappa shape index (κ3) is 4.06. The van der Waals surface area contributed by atoms with Gasteiger partial charge in [-0.3, -0.25) is 4.79 Å². The van der Waals surface area contributed by atoms with E-state index in [1.54, 1.807) is 0 Å². The molecule has 0 aliphatic carbocycles. The summed E-state index contributed by atoms with van der Waals surface area (Å²) in [4.78, 5) is 10.9. The number of benzene rings is 1. The van der Waals surface area contributed by atoms with Crippen LogP contribution >= 0.6 is 0 Å². The van der Waals surface area contributed by atoms with E-state index in [0.29, 0.717) is 12.8 Å². The zero-order chi connectivity index (χ0) is 16.2. The molecule has 0 spiro atoms. The molecule has 0 aromatic heterocycles. The van der Waals surface area contributed by atoms with E-state index in [0.717, 1.165) is 5.56 Å². The highest BCUT2D eigenvalue weighted by Crippen LogP contribution is 2.24. The topological polar surface area (TPSA) is 83.9 Å². The first-order chi connectivity index (χ1) is 10.4. The van der Waals surface area contributed by atoms with Crippen LogP contribution < -0.4 is 0 Å². The molecule has 1 heterocycles. The minimum absolute atomic E-state index is 0.134. The molecule has 1 saturated heterocycles. The van der Waals surface area contributed by atoms with E-state index in [4.69, 9.17) is 9.84 Å². The minimum atomic E-state index is -3.48. The Morgan fingerprint density at radius 2 is 1.91 bits per heavy atom. The van der Waals surface area contributed by atoms with Gasteiger partial charge in [0.1, 0.15) is 0 Å². The molecule has 1 aliphatic heterocycles. The molecule has 1 aromatic rings. The fourth-order valence-electron chi connectivity index (χ4n) is 2.65. The average Bonchev–Trinajstić information content (AvgIpc) is 2.53. The Bertz CT molecular complexity index is 594. The molecule has 1 atom stereocenters. The number of hydrogen-bond acceptors (Lipinski definition) is 4. The zero-order valence-electron chi connectivity index (χ0n) is 12.5. The van der Waals surface area contributed by atoms with E-state index in [1.165, 1.54) is 11.4 Å². The standard InChI is InChI=1S/C15H21NO5S/c1-21-14(12-5-3-2-4-6-12)11-22(19,20)16-9-7-13(8-10-16)15(17)18/h2-6,13-14H,7-11H2,1H3,(H,17,18). The van der Waals surface area contributed by atoms with Crippen molar-refractivity contribution < 1.29 is 23.1 Å². The summed E-state index contributed by atoms with van der Waals surface area (Å²) in [5, 5.41) is 8.97. The average molecular weight is 327 g/mol. The highest BCUT2D eigenvalue weighted by molar-refractivity contribution is 7.89. The quantitative estimate of drug-likeness (QED) is 0.856. The second-order valence-electron chi connectivity index (χ2n) is 5.43. The third-order valence-corrected chi connectivity index (χ3v) is 5.89. The first-order valence-electron chi connectivity index (χ1n) is 7.22. The van der Waals surface area contributed by atoms with Gasteiger partial charge in [-0.2, -0.15) is 0 Å². The highest BCUT2D eigenvalue weighted by Gasteiger charge is 2.32. The maximum Gasteiger partial charge on any atom is 0.306 e. The second-order valence-corrected chi connectivity index (χ2v) is 7.44. The van der Waals surface area contributed by atoms with Crippen LogP contribution in [-0.4, -0.2) is 49.8 Å². The predicted molar refractivity (Wildman–Crippen MR) is 81.9 cm³/mol. The lowest BCUT2D eigenvalue weighted by atomic mass is 9.99. The van der Waals surface area contributed by atoms with Crippen molar-refractivity contribution in [2.45, 2.75) is 18.9 Å². The third-order valence-electron chi connectivity index (χ3n) is 4.01. The molecule has 2 rings (SSSR count). The summed E-state index contributed by atoms with van der Waals surface area (Å²) in [5.41, 5.74) is 0.814. The van der Waals surface area contributed by atoms with Gasteiger partial charge in [-0.05, 0) is 18.4 Å². The van der Waals surface area contributed by atoms with Crippen LogP contribution in [0.25, 0.3) is 0 Å². The van der Waals surface area contributed by atoms with Crippen molar-refractivity contribution in [1.29, 1.82) is 0 Å². The SMILES string of the molecule is COC(CS(=O)(=O)N1CCC(C(=O)O)CC1)c1ccccc1. The molecule has 22 heavy (non-hydrogen) atoms.